The van der Waals surface area contributed by atoms with E-state index in [2.05, 4.69) is 51.4 Å². The number of rotatable bonds is 5. The average Bonchev–Trinajstić information content (AvgIpc) is 3.29. The van der Waals surface area contributed by atoms with Gasteiger partial charge in [-0.15, -0.1) is 0 Å². The highest BCUT2D eigenvalue weighted by atomic mass is 79.9. The van der Waals surface area contributed by atoms with Gasteiger partial charge in [0.25, 0.3) is 0 Å². The molecule has 2 N–H and O–H groups in total. The molecule has 3 nitrogen and oxygen atoms in total. The zero-order valence-electron chi connectivity index (χ0n) is 12.7. The smallest absolute Gasteiger partial charge is 0.0743 e. The first-order valence-corrected chi connectivity index (χ1v) is 8.87. The van der Waals surface area contributed by atoms with E-state index in [1.54, 1.807) is 0 Å². The summed E-state index contributed by atoms with van der Waals surface area (Å²) in [6.07, 6.45) is 6.81. The van der Waals surface area contributed by atoms with E-state index in [4.69, 9.17) is 0 Å². The van der Waals surface area contributed by atoms with Crippen LogP contribution in [0.2, 0.25) is 0 Å². The molecule has 0 radical (unpaired) electrons. The van der Waals surface area contributed by atoms with Crippen LogP contribution in [0.1, 0.15) is 44.1 Å². The summed E-state index contributed by atoms with van der Waals surface area (Å²) in [7, 11) is 2.13. The quantitative estimate of drug-likeness (QED) is 0.851. The monoisotopic (exact) mass is 352 g/mol. The van der Waals surface area contributed by atoms with Crippen LogP contribution >= 0.6 is 15.9 Å². The van der Waals surface area contributed by atoms with Gasteiger partial charge in [0, 0.05) is 29.8 Å². The molecular weight excluding hydrogens is 328 g/mol. The topological polar surface area (TPSA) is 35.5 Å². The first-order chi connectivity index (χ1) is 10.1. The number of aliphatic hydroxyl groups is 1. The Labute approximate surface area is 135 Å². The van der Waals surface area contributed by atoms with Crippen molar-refractivity contribution in [2.75, 3.05) is 11.9 Å². The van der Waals surface area contributed by atoms with Crippen molar-refractivity contribution in [1.29, 1.82) is 0 Å². The molecule has 2 saturated carbocycles. The van der Waals surface area contributed by atoms with Crippen LogP contribution in [0.4, 0.5) is 5.69 Å². The van der Waals surface area contributed by atoms with E-state index in [0.29, 0.717) is 6.04 Å². The number of anilines is 1. The fourth-order valence-corrected chi connectivity index (χ4v) is 3.71. The molecule has 2 aliphatic carbocycles. The Morgan fingerprint density at radius 2 is 2.00 bits per heavy atom. The van der Waals surface area contributed by atoms with Crippen LogP contribution in [0.15, 0.2) is 22.7 Å². The Bertz CT molecular complexity index is 490. The van der Waals surface area contributed by atoms with Gasteiger partial charge in [0.15, 0.2) is 0 Å². The second-order valence-corrected chi connectivity index (χ2v) is 7.37. The summed E-state index contributed by atoms with van der Waals surface area (Å²) in [4.78, 5) is 2.29. The minimum absolute atomic E-state index is 0.198. The Kier molecular flexibility index (Phi) is 4.87. The van der Waals surface area contributed by atoms with Crippen molar-refractivity contribution in [2.45, 2.75) is 63.3 Å². The van der Waals surface area contributed by atoms with Crippen molar-refractivity contribution >= 4 is 21.6 Å². The summed E-state index contributed by atoms with van der Waals surface area (Å²) in [5.41, 5.74) is 2.56. The molecule has 21 heavy (non-hydrogen) atoms. The third-order valence-electron chi connectivity index (χ3n) is 4.77. The predicted octanol–water partition coefficient (Wildman–Crippen LogP) is 3.44. The summed E-state index contributed by atoms with van der Waals surface area (Å²) in [5, 5.41) is 13.9. The molecule has 3 rings (SSSR count). The highest BCUT2D eigenvalue weighted by Gasteiger charge is 2.28. The van der Waals surface area contributed by atoms with E-state index in [1.165, 1.54) is 30.5 Å². The van der Waals surface area contributed by atoms with Crippen LogP contribution in [0.25, 0.3) is 0 Å². The molecule has 2 atom stereocenters. The van der Waals surface area contributed by atoms with Gasteiger partial charge in [-0.3, -0.25) is 0 Å². The SMILES string of the molecule is CN(c1ccc(Br)cc1CNC1CC1)C1CCCCC1O. The number of benzene rings is 1. The van der Waals surface area contributed by atoms with Gasteiger partial charge in [-0.25, -0.2) is 0 Å². The summed E-state index contributed by atoms with van der Waals surface area (Å²) >= 11 is 3.58. The van der Waals surface area contributed by atoms with Gasteiger partial charge in [0.2, 0.25) is 0 Å². The summed E-state index contributed by atoms with van der Waals surface area (Å²) < 4.78 is 1.12. The van der Waals surface area contributed by atoms with Crippen LogP contribution in [0, 0.1) is 0 Å². The fourth-order valence-electron chi connectivity index (χ4n) is 3.30. The molecule has 1 aromatic carbocycles. The molecule has 0 heterocycles. The van der Waals surface area contributed by atoms with Gasteiger partial charge >= 0.3 is 0 Å². The number of aliphatic hydroxyl groups excluding tert-OH is 1. The van der Waals surface area contributed by atoms with Crippen molar-refractivity contribution in [2.24, 2.45) is 0 Å². The number of hydrogen-bond acceptors (Lipinski definition) is 3. The van der Waals surface area contributed by atoms with E-state index in [0.717, 1.165) is 30.3 Å². The van der Waals surface area contributed by atoms with Crippen LogP contribution < -0.4 is 10.2 Å². The van der Waals surface area contributed by atoms with E-state index in [9.17, 15) is 5.11 Å². The molecule has 2 fully saturated rings. The molecule has 0 spiro atoms. The Morgan fingerprint density at radius 1 is 1.24 bits per heavy atom. The van der Waals surface area contributed by atoms with Crippen molar-refractivity contribution < 1.29 is 5.11 Å². The summed E-state index contributed by atoms with van der Waals surface area (Å²) in [5.74, 6) is 0. The average molecular weight is 353 g/mol. The Balaban J connectivity index is 1.78. The highest BCUT2D eigenvalue weighted by molar-refractivity contribution is 9.10. The van der Waals surface area contributed by atoms with Gasteiger partial charge in [-0.2, -0.15) is 0 Å². The molecule has 0 bridgehead atoms. The molecule has 4 heteroatoms. The van der Waals surface area contributed by atoms with E-state index in [-0.39, 0.29) is 12.1 Å². The molecule has 1 aromatic rings. The van der Waals surface area contributed by atoms with Gasteiger partial charge in [0.1, 0.15) is 0 Å². The molecule has 116 valence electrons. The minimum Gasteiger partial charge on any atom is -0.391 e. The maximum atomic E-state index is 10.3. The van der Waals surface area contributed by atoms with Crippen molar-refractivity contribution in [3.8, 4) is 0 Å². The van der Waals surface area contributed by atoms with Gasteiger partial charge in [-0.05, 0) is 49.4 Å². The molecule has 2 aliphatic rings. The van der Waals surface area contributed by atoms with Crippen molar-refractivity contribution in [1.82, 2.24) is 5.32 Å². The lowest BCUT2D eigenvalue weighted by molar-refractivity contribution is 0.106. The van der Waals surface area contributed by atoms with Gasteiger partial charge in [0.05, 0.1) is 12.1 Å². The fraction of sp³-hybridized carbons (Fsp3) is 0.647. The first-order valence-electron chi connectivity index (χ1n) is 8.08. The van der Waals surface area contributed by atoms with E-state index in [1.807, 2.05) is 0 Å². The highest BCUT2D eigenvalue weighted by Crippen LogP contribution is 2.31. The number of hydrogen-bond donors (Lipinski definition) is 2. The molecule has 0 saturated heterocycles. The normalized spacial score (nSPS) is 25.9. The number of nitrogens with zero attached hydrogens (tertiary/aromatic N) is 1. The standard InChI is InChI=1S/C17H25BrN2O/c1-20(16-4-2-3-5-17(16)21)15-9-6-13(18)10-12(15)11-19-14-7-8-14/h6,9-10,14,16-17,19,21H,2-5,7-8,11H2,1H3. The molecule has 2 unspecified atom stereocenters. The molecule has 0 amide bonds. The predicted molar refractivity (Wildman–Crippen MR) is 90.7 cm³/mol. The zero-order valence-corrected chi connectivity index (χ0v) is 14.3. The largest absolute Gasteiger partial charge is 0.391 e. The third kappa shape index (κ3) is 3.79. The van der Waals surface area contributed by atoms with Gasteiger partial charge in [-0.1, -0.05) is 28.8 Å². The Hall–Kier alpha value is -0.580. The first kappa shape index (κ1) is 15.3. The maximum Gasteiger partial charge on any atom is 0.0743 e. The second kappa shape index (κ2) is 6.67. The lowest BCUT2D eigenvalue weighted by Crippen LogP contribution is -2.44. The van der Waals surface area contributed by atoms with Crippen LogP contribution in [-0.2, 0) is 6.54 Å². The van der Waals surface area contributed by atoms with Crippen molar-refractivity contribution in [3.05, 3.63) is 28.2 Å². The molecule has 0 aliphatic heterocycles. The summed E-state index contributed by atoms with van der Waals surface area (Å²) in [6.45, 7) is 0.909. The number of likely N-dealkylation sites (N-methyl/N-ethyl adjacent to an activating group) is 1. The van der Waals surface area contributed by atoms with E-state index >= 15 is 0 Å². The zero-order chi connectivity index (χ0) is 14.8. The lowest BCUT2D eigenvalue weighted by Gasteiger charge is -2.37. The summed E-state index contributed by atoms with van der Waals surface area (Å²) in [6, 6.07) is 7.44. The maximum absolute atomic E-state index is 10.3. The Morgan fingerprint density at radius 3 is 2.71 bits per heavy atom. The second-order valence-electron chi connectivity index (χ2n) is 6.46. The third-order valence-corrected chi connectivity index (χ3v) is 5.26. The molecular formula is C17H25BrN2O. The van der Waals surface area contributed by atoms with Crippen LogP contribution in [0.3, 0.4) is 0 Å². The van der Waals surface area contributed by atoms with Crippen LogP contribution in [0.5, 0.6) is 0 Å². The molecule has 0 aromatic heterocycles. The van der Waals surface area contributed by atoms with Gasteiger partial charge < -0.3 is 15.3 Å². The number of nitrogens with one attached hydrogen (secondary N) is 1. The van der Waals surface area contributed by atoms with E-state index < -0.39 is 0 Å². The van der Waals surface area contributed by atoms with Crippen molar-refractivity contribution in [3.63, 3.8) is 0 Å². The lowest BCUT2D eigenvalue weighted by atomic mass is 9.91. The number of halogens is 1. The van der Waals surface area contributed by atoms with Crippen LogP contribution in [-0.4, -0.2) is 30.3 Å². The minimum atomic E-state index is -0.198.